The van der Waals surface area contributed by atoms with E-state index in [-0.39, 0.29) is 30.6 Å². The van der Waals surface area contributed by atoms with Crippen LogP contribution in [0.1, 0.15) is 25.8 Å². The molecule has 5 heteroatoms. The second-order valence-electron chi connectivity index (χ2n) is 5.00. The molecule has 110 valence electrons. The van der Waals surface area contributed by atoms with E-state index < -0.39 is 5.97 Å². The van der Waals surface area contributed by atoms with Crippen LogP contribution in [-0.2, 0) is 16.0 Å². The van der Waals surface area contributed by atoms with Gasteiger partial charge in [0.05, 0.1) is 6.42 Å². The van der Waals surface area contributed by atoms with E-state index in [0.717, 1.165) is 5.56 Å². The van der Waals surface area contributed by atoms with E-state index in [0.29, 0.717) is 13.0 Å². The van der Waals surface area contributed by atoms with Gasteiger partial charge >= 0.3 is 5.97 Å². The molecule has 0 saturated carbocycles. The maximum atomic E-state index is 12.8. The Bertz CT molecular complexity index is 457. The van der Waals surface area contributed by atoms with Crippen molar-refractivity contribution in [1.82, 2.24) is 4.90 Å². The minimum Gasteiger partial charge on any atom is -0.481 e. The number of hydrogen-bond acceptors (Lipinski definition) is 2. The number of benzene rings is 1. The number of nitrogens with zero attached hydrogens (tertiary/aromatic N) is 1. The Morgan fingerprint density at radius 1 is 1.20 bits per heavy atom. The van der Waals surface area contributed by atoms with Crippen molar-refractivity contribution in [2.45, 2.75) is 26.7 Å². The maximum absolute atomic E-state index is 12.8. The number of aliphatic carboxylic acids is 1. The normalized spacial score (nSPS) is 10.6. The predicted molar refractivity (Wildman–Crippen MR) is 73.8 cm³/mol. The third-order valence-electron chi connectivity index (χ3n) is 2.98. The van der Waals surface area contributed by atoms with Crippen molar-refractivity contribution < 1.29 is 19.1 Å². The van der Waals surface area contributed by atoms with Crippen LogP contribution in [0.2, 0.25) is 0 Å². The van der Waals surface area contributed by atoms with Gasteiger partial charge in [-0.2, -0.15) is 0 Å². The highest BCUT2D eigenvalue weighted by molar-refractivity contribution is 5.78. The van der Waals surface area contributed by atoms with Gasteiger partial charge in [0.25, 0.3) is 0 Å². The minimum absolute atomic E-state index is 0.0617. The molecule has 0 saturated heterocycles. The Morgan fingerprint density at radius 2 is 1.80 bits per heavy atom. The van der Waals surface area contributed by atoms with Crippen LogP contribution in [0.3, 0.4) is 0 Å². The average Bonchev–Trinajstić information content (AvgIpc) is 2.39. The third kappa shape index (κ3) is 5.38. The molecular formula is C15H20FNO3. The summed E-state index contributed by atoms with van der Waals surface area (Å²) in [6.07, 6.45) is 0.514. The number of rotatable bonds is 7. The van der Waals surface area contributed by atoms with Crippen molar-refractivity contribution in [2.75, 3.05) is 13.1 Å². The van der Waals surface area contributed by atoms with Gasteiger partial charge in [0.1, 0.15) is 5.82 Å². The zero-order chi connectivity index (χ0) is 15.1. The van der Waals surface area contributed by atoms with Crippen molar-refractivity contribution in [3.63, 3.8) is 0 Å². The van der Waals surface area contributed by atoms with E-state index in [9.17, 15) is 14.0 Å². The van der Waals surface area contributed by atoms with Gasteiger partial charge in [-0.05, 0) is 24.1 Å². The van der Waals surface area contributed by atoms with Crippen molar-refractivity contribution in [2.24, 2.45) is 5.92 Å². The highest BCUT2D eigenvalue weighted by Crippen LogP contribution is 2.08. The van der Waals surface area contributed by atoms with E-state index in [1.54, 1.807) is 30.9 Å². The molecule has 0 spiro atoms. The molecule has 0 radical (unpaired) electrons. The Balaban J connectivity index is 2.61. The molecule has 0 fully saturated rings. The molecule has 1 N–H and O–H groups in total. The molecule has 4 nitrogen and oxygen atoms in total. The summed E-state index contributed by atoms with van der Waals surface area (Å²) in [5.41, 5.74) is 0.920. The van der Waals surface area contributed by atoms with Gasteiger partial charge in [0.2, 0.25) is 5.91 Å². The van der Waals surface area contributed by atoms with E-state index in [2.05, 4.69) is 0 Å². The van der Waals surface area contributed by atoms with Crippen LogP contribution in [0.5, 0.6) is 0 Å². The molecule has 0 bridgehead atoms. The van der Waals surface area contributed by atoms with Gasteiger partial charge < -0.3 is 10.0 Å². The molecule has 0 aliphatic carbocycles. The molecule has 1 rings (SSSR count). The van der Waals surface area contributed by atoms with Gasteiger partial charge in [-0.3, -0.25) is 9.59 Å². The van der Waals surface area contributed by atoms with Gasteiger partial charge in [0, 0.05) is 19.0 Å². The first kappa shape index (κ1) is 16.1. The molecule has 0 atom stereocenters. The molecule has 1 aromatic carbocycles. The van der Waals surface area contributed by atoms with E-state index in [1.165, 1.54) is 12.1 Å². The third-order valence-corrected chi connectivity index (χ3v) is 2.98. The fourth-order valence-corrected chi connectivity index (χ4v) is 1.84. The van der Waals surface area contributed by atoms with Crippen LogP contribution in [0.25, 0.3) is 0 Å². The fraction of sp³-hybridized carbons (Fsp3) is 0.467. The van der Waals surface area contributed by atoms with Crippen molar-refractivity contribution in [1.29, 1.82) is 0 Å². The summed E-state index contributed by atoms with van der Waals surface area (Å²) in [5, 5.41) is 8.72. The lowest BCUT2D eigenvalue weighted by molar-refractivity contribution is -0.139. The number of halogens is 1. The largest absolute Gasteiger partial charge is 0.481 e. The molecule has 0 unspecified atom stereocenters. The highest BCUT2D eigenvalue weighted by atomic mass is 19.1. The zero-order valence-electron chi connectivity index (χ0n) is 11.8. The smallest absolute Gasteiger partial charge is 0.305 e. The first-order valence-corrected chi connectivity index (χ1v) is 6.65. The Hall–Kier alpha value is -1.91. The molecule has 20 heavy (non-hydrogen) atoms. The fourth-order valence-electron chi connectivity index (χ4n) is 1.84. The Kier molecular flexibility index (Phi) is 6.15. The topological polar surface area (TPSA) is 57.6 Å². The second kappa shape index (κ2) is 7.62. The monoisotopic (exact) mass is 281 g/mol. The molecule has 1 aromatic rings. The lowest BCUT2D eigenvalue weighted by Crippen LogP contribution is -2.37. The summed E-state index contributed by atoms with van der Waals surface area (Å²) in [7, 11) is 0. The first-order valence-electron chi connectivity index (χ1n) is 6.65. The Morgan fingerprint density at radius 3 is 2.30 bits per heavy atom. The summed E-state index contributed by atoms with van der Waals surface area (Å²) < 4.78 is 12.8. The lowest BCUT2D eigenvalue weighted by atomic mass is 10.1. The summed E-state index contributed by atoms with van der Waals surface area (Å²) in [5.74, 6) is -1.45. The molecule has 0 heterocycles. The zero-order valence-corrected chi connectivity index (χ0v) is 11.8. The number of carbonyl (C=O) groups is 2. The number of carboxylic acid groups (broad SMARTS) is 1. The summed E-state index contributed by atoms with van der Waals surface area (Å²) in [4.78, 5) is 24.2. The van der Waals surface area contributed by atoms with Crippen LogP contribution in [0, 0.1) is 11.7 Å². The first-order chi connectivity index (χ1) is 9.40. The number of carbonyl (C=O) groups excluding carboxylic acids is 1. The van der Waals surface area contributed by atoms with Crippen LogP contribution < -0.4 is 0 Å². The van der Waals surface area contributed by atoms with Crippen LogP contribution >= 0.6 is 0 Å². The molecular weight excluding hydrogens is 261 g/mol. The van der Waals surface area contributed by atoms with E-state index in [1.807, 2.05) is 0 Å². The molecule has 0 aliphatic rings. The quantitative estimate of drug-likeness (QED) is 0.834. The number of carboxylic acids is 1. The Labute approximate surface area is 118 Å². The summed E-state index contributed by atoms with van der Waals surface area (Å²) in [6.45, 7) is 4.21. The van der Waals surface area contributed by atoms with Gasteiger partial charge in [-0.1, -0.05) is 26.0 Å². The maximum Gasteiger partial charge on any atom is 0.305 e. The van der Waals surface area contributed by atoms with Crippen LogP contribution in [-0.4, -0.2) is 35.0 Å². The van der Waals surface area contributed by atoms with Crippen LogP contribution in [0.4, 0.5) is 4.39 Å². The van der Waals surface area contributed by atoms with Crippen molar-refractivity contribution >= 4 is 11.9 Å². The molecule has 1 amide bonds. The van der Waals surface area contributed by atoms with Gasteiger partial charge in [-0.15, -0.1) is 0 Å². The summed E-state index contributed by atoms with van der Waals surface area (Å²) >= 11 is 0. The minimum atomic E-state index is -0.923. The van der Waals surface area contributed by atoms with Gasteiger partial charge in [-0.25, -0.2) is 4.39 Å². The van der Waals surface area contributed by atoms with Crippen LogP contribution in [0.15, 0.2) is 24.3 Å². The van der Waals surface area contributed by atoms with E-state index in [4.69, 9.17) is 5.11 Å². The van der Waals surface area contributed by atoms with Crippen molar-refractivity contribution in [3.05, 3.63) is 35.6 Å². The lowest BCUT2D eigenvalue weighted by Gasteiger charge is -2.24. The number of hydrogen-bond donors (Lipinski definition) is 1. The van der Waals surface area contributed by atoms with Crippen molar-refractivity contribution in [3.8, 4) is 0 Å². The van der Waals surface area contributed by atoms with E-state index >= 15 is 0 Å². The average molecular weight is 281 g/mol. The standard InChI is InChI=1S/C15H20FNO3/c1-11(2)15(20)17(10-8-14(18)19)9-7-12-3-5-13(16)6-4-12/h3-6,11H,7-10H2,1-2H3,(H,18,19). The van der Waals surface area contributed by atoms with Gasteiger partial charge in [0.15, 0.2) is 0 Å². The molecule has 0 aromatic heterocycles. The predicted octanol–water partition coefficient (Wildman–Crippen LogP) is 2.33. The highest BCUT2D eigenvalue weighted by Gasteiger charge is 2.17. The summed E-state index contributed by atoms with van der Waals surface area (Å²) in [6, 6.07) is 6.09. The SMILES string of the molecule is CC(C)C(=O)N(CCC(=O)O)CCc1ccc(F)cc1. The second-order valence-corrected chi connectivity index (χ2v) is 5.00. The molecule has 0 aliphatic heterocycles. The number of amides is 1.